The third-order valence-electron chi connectivity index (χ3n) is 5.38. The van der Waals surface area contributed by atoms with Crippen LogP contribution in [0.2, 0.25) is 0 Å². The number of rotatable bonds is 5. The Labute approximate surface area is 169 Å². The molecule has 1 atom stereocenters. The van der Waals surface area contributed by atoms with Gasteiger partial charge >= 0.3 is 5.97 Å². The maximum atomic E-state index is 12.7. The Hall–Kier alpha value is -3.15. The lowest BCUT2D eigenvalue weighted by Gasteiger charge is -2.22. The maximum Gasteiger partial charge on any atom is 0.326 e. The number of anilines is 1. The summed E-state index contributed by atoms with van der Waals surface area (Å²) in [6.07, 6.45) is 2.38. The smallest absolute Gasteiger partial charge is 0.326 e. The Morgan fingerprint density at radius 3 is 2.76 bits per heavy atom. The Balaban J connectivity index is 1.44. The van der Waals surface area contributed by atoms with Crippen LogP contribution >= 0.6 is 0 Å². The van der Waals surface area contributed by atoms with E-state index in [0.29, 0.717) is 17.0 Å². The van der Waals surface area contributed by atoms with Gasteiger partial charge < -0.3 is 9.47 Å². The molecule has 1 amide bonds. The van der Waals surface area contributed by atoms with Crippen LogP contribution in [0.25, 0.3) is 0 Å². The molecule has 2 aliphatic rings. The van der Waals surface area contributed by atoms with Crippen molar-refractivity contribution in [1.29, 1.82) is 0 Å². The highest BCUT2D eigenvalue weighted by atomic mass is 16.5. The summed E-state index contributed by atoms with van der Waals surface area (Å²) in [6.45, 7) is 1.56. The number of ketones is 1. The number of esters is 1. The van der Waals surface area contributed by atoms with Crippen molar-refractivity contribution in [3.8, 4) is 5.75 Å². The van der Waals surface area contributed by atoms with Crippen molar-refractivity contribution in [2.45, 2.75) is 38.7 Å². The first-order chi connectivity index (χ1) is 14.0. The molecule has 4 rings (SSSR count). The quantitative estimate of drug-likeness (QED) is 0.577. The molecule has 0 N–H and O–H groups in total. The fourth-order valence-electron chi connectivity index (χ4n) is 3.87. The predicted octanol–water partition coefficient (Wildman–Crippen LogP) is 3.11. The van der Waals surface area contributed by atoms with E-state index in [0.717, 1.165) is 19.3 Å². The van der Waals surface area contributed by atoms with Crippen LogP contribution < -0.4 is 9.64 Å². The van der Waals surface area contributed by atoms with Crippen molar-refractivity contribution in [3.63, 3.8) is 0 Å². The molecule has 0 radical (unpaired) electrons. The fourth-order valence-corrected chi connectivity index (χ4v) is 3.87. The number of benzene rings is 2. The van der Waals surface area contributed by atoms with Crippen molar-refractivity contribution in [2.75, 3.05) is 18.1 Å². The van der Waals surface area contributed by atoms with Gasteiger partial charge in [-0.05, 0) is 55.5 Å². The van der Waals surface area contributed by atoms with Gasteiger partial charge in [0.25, 0.3) is 0 Å². The SMILES string of the molecule is C[C@@H](OC(=O)CN1C(=O)CCOc2ccccc21)C(=O)c1ccc2c(c1)CCC2. The zero-order chi connectivity index (χ0) is 20.4. The van der Waals surface area contributed by atoms with E-state index in [9.17, 15) is 14.4 Å². The van der Waals surface area contributed by atoms with Crippen molar-refractivity contribution in [2.24, 2.45) is 0 Å². The second-order valence-electron chi connectivity index (χ2n) is 7.38. The molecule has 0 spiro atoms. The van der Waals surface area contributed by atoms with Gasteiger partial charge in [0.2, 0.25) is 11.7 Å². The molecule has 6 heteroatoms. The Bertz CT molecular complexity index is 967. The third-order valence-corrected chi connectivity index (χ3v) is 5.38. The Morgan fingerprint density at radius 2 is 1.90 bits per heavy atom. The summed E-state index contributed by atoms with van der Waals surface area (Å²) in [7, 11) is 0. The van der Waals surface area contributed by atoms with Crippen molar-refractivity contribution in [1.82, 2.24) is 0 Å². The molecule has 1 aliphatic heterocycles. The number of ether oxygens (including phenoxy) is 2. The molecule has 1 heterocycles. The zero-order valence-electron chi connectivity index (χ0n) is 16.3. The van der Waals surface area contributed by atoms with Crippen LogP contribution in [0.4, 0.5) is 5.69 Å². The number of carbonyl (C=O) groups is 3. The maximum absolute atomic E-state index is 12.7. The van der Waals surface area contributed by atoms with Gasteiger partial charge in [0.15, 0.2) is 6.10 Å². The first-order valence-electron chi connectivity index (χ1n) is 9.90. The minimum atomic E-state index is -0.921. The van der Waals surface area contributed by atoms with Crippen molar-refractivity contribution >= 4 is 23.3 Å². The minimum absolute atomic E-state index is 0.172. The summed E-state index contributed by atoms with van der Waals surface area (Å²) in [6, 6.07) is 12.7. The molecule has 29 heavy (non-hydrogen) atoms. The summed E-state index contributed by atoms with van der Waals surface area (Å²) in [5.41, 5.74) is 3.56. The second kappa shape index (κ2) is 8.07. The first kappa shape index (κ1) is 19.2. The molecule has 0 saturated heterocycles. The number of carbonyl (C=O) groups excluding carboxylic acids is 3. The molecule has 2 aromatic carbocycles. The van der Waals surface area contributed by atoms with E-state index in [2.05, 4.69) is 0 Å². The highest BCUT2D eigenvalue weighted by Gasteiger charge is 2.28. The zero-order valence-corrected chi connectivity index (χ0v) is 16.3. The molecule has 2 aromatic rings. The van der Waals surface area contributed by atoms with Gasteiger partial charge in [-0.1, -0.05) is 24.3 Å². The number of amides is 1. The first-order valence-corrected chi connectivity index (χ1v) is 9.90. The molecular formula is C23H23NO5. The van der Waals surface area contributed by atoms with Crippen LogP contribution in [0, 0.1) is 0 Å². The topological polar surface area (TPSA) is 72.9 Å². The lowest BCUT2D eigenvalue weighted by atomic mass is 10.0. The molecule has 1 aliphatic carbocycles. The molecule has 0 saturated carbocycles. The Morgan fingerprint density at radius 1 is 1.10 bits per heavy atom. The van der Waals surface area contributed by atoms with E-state index in [4.69, 9.17) is 9.47 Å². The van der Waals surface area contributed by atoms with E-state index < -0.39 is 12.1 Å². The lowest BCUT2D eigenvalue weighted by Crippen LogP contribution is -2.38. The third kappa shape index (κ3) is 4.01. The van der Waals surface area contributed by atoms with E-state index in [1.807, 2.05) is 18.2 Å². The highest BCUT2D eigenvalue weighted by molar-refractivity contribution is 6.02. The molecule has 0 aromatic heterocycles. The monoisotopic (exact) mass is 393 g/mol. The fraction of sp³-hybridized carbons (Fsp3) is 0.348. The molecule has 0 bridgehead atoms. The molecule has 0 unspecified atom stereocenters. The van der Waals surface area contributed by atoms with Crippen LogP contribution in [-0.2, 0) is 27.2 Å². The molecule has 0 fully saturated rings. The number of aryl methyl sites for hydroxylation is 2. The standard InChI is InChI=1S/C23H23NO5/c1-15(23(27)18-10-9-16-5-4-6-17(16)13-18)29-22(26)14-24-19-7-2-3-8-20(19)28-12-11-21(24)25/h2-3,7-10,13,15H,4-6,11-12,14H2,1H3/t15-/m1/s1. The van der Waals surface area contributed by atoms with Gasteiger partial charge in [-0.25, -0.2) is 0 Å². The van der Waals surface area contributed by atoms with E-state index in [-0.39, 0.29) is 31.3 Å². The summed E-state index contributed by atoms with van der Waals surface area (Å²) in [5, 5.41) is 0. The van der Waals surface area contributed by atoms with Gasteiger partial charge in [0.1, 0.15) is 12.3 Å². The van der Waals surface area contributed by atoms with E-state index >= 15 is 0 Å². The van der Waals surface area contributed by atoms with Gasteiger partial charge in [-0.3, -0.25) is 19.3 Å². The van der Waals surface area contributed by atoms with Crippen LogP contribution in [0.5, 0.6) is 5.75 Å². The average molecular weight is 393 g/mol. The number of para-hydroxylation sites is 2. The van der Waals surface area contributed by atoms with Crippen molar-refractivity contribution in [3.05, 3.63) is 59.2 Å². The lowest BCUT2D eigenvalue weighted by molar-refractivity contribution is -0.145. The molecular weight excluding hydrogens is 370 g/mol. The molecule has 150 valence electrons. The van der Waals surface area contributed by atoms with Crippen LogP contribution in [0.1, 0.15) is 41.3 Å². The average Bonchev–Trinajstić information content (AvgIpc) is 3.13. The van der Waals surface area contributed by atoms with Gasteiger partial charge in [0.05, 0.1) is 18.7 Å². The highest BCUT2D eigenvalue weighted by Crippen LogP contribution is 2.31. The van der Waals surface area contributed by atoms with Gasteiger partial charge in [-0.2, -0.15) is 0 Å². The van der Waals surface area contributed by atoms with Crippen LogP contribution in [-0.4, -0.2) is 36.9 Å². The number of nitrogens with zero attached hydrogens (tertiary/aromatic N) is 1. The second-order valence-corrected chi connectivity index (χ2v) is 7.38. The van der Waals surface area contributed by atoms with Gasteiger partial charge in [-0.15, -0.1) is 0 Å². The van der Waals surface area contributed by atoms with Crippen LogP contribution in [0.3, 0.4) is 0 Å². The number of fused-ring (bicyclic) bond motifs is 2. The number of Topliss-reactive ketones (excluding diaryl/α,β-unsaturated/α-hetero) is 1. The van der Waals surface area contributed by atoms with E-state index in [1.165, 1.54) is 16.0 Å². The Kier molecular flexibility index (Phi) is 5.34. The minimum Gasteiger partial charge on any atom is -0.491 e. The predicted molar refractivity (Wildman–Crippen MR) is 107 cm³/mol. The van der Waals surface area contributed by atoms with Gasteiger partial charge in [0, 0.05) is 5.56 Å². The summed E-state index contributed by atoms with van der Waals surface area (Å²) < 4.78 is 10.9. The van der Waals surface area contributed by atoms with E-state index in [1.54, 1.807) is 31.2 Å². The largest absolute Gasteiger partial charge is 0.491 e. The number of hydrogen-bond acceptors (Lipinski definition) is 5. The van der Waals surface area contributed by atoms with Crippen LogP contribution in [0.15, 0.2) is 42.5 Å². The summed E-state index contributed by atoms with van der Waals surface area (Å²) >= 11 is 0. The number of hydrogen-bond donors (Lipinski definition) is 0. The van der Waals surface area contributed by atoms with Crippen molar-refractivity contribution < 1.29 is 23.9 Å². The summed E-state index contributed by atoms with van der Waals surface area (Å²) in [4.78, 5) is 39.0. The normalized spacial score (nSPS) is 16.3. The molecule has 6 nitrogen and oxygen atoms in total. The summed E-state index contributed by atoms with van der Waals surface area (Å²) in [5.74, 6) is -0.533.